The van der Waals surface area contributed by atoms with Gasteiger partial charge in [-0.2, -0.15) is 0 Å². The van der Waals surface area contributed by atoms with E-state index < -0.39 is 0 Å². The van der Waals surface area contributed by atoms with Crippen molar-refractivity contribution in [1.82, 2.24) is 10.2 Å². The molecular weight excluding hydrogens is 292 g/mol. The number of benzene rings is 1. The van der Waals surface area contributed by atoms with E-state index in [1.54, 1.807) is 25.3 Å². The fraction of sp³-hybridized carbons (Fsp3) is 0.389. The Hall–Kier alpha value is -2.43. The SMILES string of the molecule is COc1ccc(CC[C@H](C)NC(=O)N(C)Cc2ccco2)cc1. The summed E-state index contributed by atoms with van der Waals surface area (Å²) in [7, 11) is 3.42. The van der Waals surface area contributed by atoms with Gasteiger partial charge < -0.3 is 19.4 Å². The summed E-state index contributed by atoms with van der Waals surface area (Å²) in [5.74, 6) is 1.63. The minimum Gasteiger partial charge on any atom is -0.497 e. The van der Waals surface area contributed by atoms with E-state index in [-0.39, 0.29) is 12.1 Å². The molecule has 0 unspecified atom stereocenters. The average Bonchev–Trinajstić information content (AvgIpc) is 3.06. The highest BCUT2D eigenvalue weighted by molar-refractivity contribution is 5.74. The molecule has 0 fully saturated rings. The van der Waals surface area contributed by atoms with Gasteiger partial charge in [-0.1, -0.05) is 12.1 Å². The van der Waals surface area contributed by atoms with Gasteiger partial charge >= 0.3 is 6.03 Å². The molecule has 1 N–H and O–H groups in total. The zero-order valence-corrected chi connectivity index (χ0v) is 13.9. The number of urea groups is 1. The van der Waals surface area contributed by atoms with Crippen LogP contribution in [0.2, 0.25) is 0 Å². The highest BCUT2D eigenvalue weighted by Gasteiger charge is 2.13. The van der Waals surface area contributed by atoms with Crippen molar-refractivity contribution in [2.75, 3.05) is 14.2 Å². The van der Waals surface area contributed by atoms with Gasteiger partial charge in [0.15, 0.2) is 0 Å². The van der Waals surface area contributed by atoms with Gasteiger partial charge in [0, 0.05) is 13.1 Å². The van der Waals surface area contributed by atoms with E-state index in [2.05, 4.69) is 17.4 Å². The summed E-state index contributed by atoms with van der Waals surface area (Å²) in [6, 6.07) is 11.7. The Labute approximate surface area is 137 Å². The van der Waals surface area contributed by atoms with Crippen LogP contribution < -0.4 is 10.1 Å². The molecule has 124 valence electrons. The van der Waals surface area contributed by atoms with E-state index in [4.69, 9.17) is 9.15 Å². The average molecular weight is 316 g/mol. The second kappa shape index (κ2) is 8.27. The molecule has 1 heterocycles. The van der Waals surface area contributed by atoms with Crippen LogP contribution in [0, 0.1) is 0 Å². The van der Waals surface area contributed by atoms with Crippen LogP contribution >= 0.6 is 0 Å². The van der Waals surface area contributed by atoms with Crippen molar-refractivity contribution >= 4 is 6.03 Å². The monoisotopic (exact) mass is 316 g/mol. The molecule has 0 radical (unpaired) electrons. The highest BCUT2D eigenvalue weighted by atomic mass is 16.5. The molecule has 0 saturated heterocycles. The number of aryl methyl sites for hydroxylation is 1. The second-order valence-electron chi connectivity index (χ2n) is 5.67. The quantitative estimate of drug-likeness (QED) is 0.851. The summed E-state index contributed by atoms with van der Waals surface area (Å²) in [5, 5.41) is 3.01. The predicted molar refractivity (Wildman–Crippen MR) is 89.5 cm³/mol. The Kier molecular flexibility index (Phi) is 6.09. The highest BCUT2D eigenvalue weighted by Crippen LogP contribution is 2.13. The summed E-state index contributed by atoms with van der Waals surface area (Å²) < 4.78 is 10.4. The van der Waals surface area contributed by atoms with Crippen LogP contribution in [0.1, 0.15) is 24.7 Å². The fourth-order valence-electron chi connectivity index (χ4n) is 2.28. The van der Waals surface area contributed by atoms with Gasteiger partial charge in [0.25, 0.3) is 0 Å². The lowest BCUT2D eigenvalue weighted by molar-refractivity contribution is 0.199. The van der Waals surface area contributed by atoms with E-state index >= 15 is 0 Å². The van der Waals surface area contributed by atoms with E-state index in [0.29, 0.717) is 6.54 Å². The van der Waals surface area contributed by atoms with Crippen molar-refractivity contribution in [3.05, 3.63) is 54.0 Å². The van der Waals surface area contributed by atoms with Gasteiger partial charge in [0.2, 0.25) is 0 Å². The van der Waals surface area contributed by atoms with Crippen molar-refractivity contribution < 1.29 is 13.9 Å². The number of amides is 2. The molecule has 23 heavy (non-hydrogen) atoms. The standard InChI is InChI=1S/C18H24N2O3/c1-14(6-7-15-8-10-16(22-3)11-9-15)19-18(21)20(2)13-17-5-4-12-23-17/h4-5,8-12,14H,6-7,13H2,1-3H3,(H,19,21)/t14-/m0/s1. The number of nitrogens with one attached hydrogen (secondary N) is 1. The van der Waals surface area contributed by atoms with Crippen LogP contribution in [0.3, 0.4) is 0 Å². The van der Waals surface area contributed by atoms with Gasteiger partial charge in [-0.25, -0.2) is 4.79 Å². The van der Waals surface area contributed by atoms with Gasteiger partial charge in [0.05, 0.1) is 19.9 Å². The van der Waals surface area contributed by atoms with E-state index in [0.717, 1.165) is 24.4 Å². The lowest BCUT2D eigenvalue weighted by Crippen LogP contribution is -2.41. The molecule has 0 aliphatic rings. The Morgan fingerprint density at radius 1 is 1.30 bits per heavy atom. The molecule has 0 aliphatic carbocycles. The molecule has 1 aromatic heterocycles. The van der Waals surface area contributed by atoms with Crippen LogP contribution in [-0.4, -0.2) is 31.1 Å². The number of hydrogen-bond acceptors (Lipinski definition) is 3. The van der Waals surface area contributed by atoms with Gasteiger partial charge in [-0.15, -0.1) is 0 Å². The number of nitrogens with zero attached hydrogens (tertiary/aromatic N) is 1. The van der Waals surface area contributed by atoms with Gasteiger partial charge in [-0.3, -0.25) is 0 Å². The summed E-state index contributed by atoms with van der Waals surface area (Å²) in [6.07, 6.45) is 3.40. The van der Waals surface area contributed by atoms with E-state index in [1.807, 2.05) is 31.2 Å². The molecule has 1 aromatic carbocycles. The molecule has 0 aliphatic heterocycles. The molecule has 2 amide bonds. The number of carbonyl (C=O) groups excluding carboxylic acids is 1. The van der Waals surface area contributed by atoms with Crippen molar-refractivity contribution in [3.8, 4) is 5.75 Å². The van der Waals surface area contributed by atoms with Crippen LogP contribution in [0.4, 0.5) is 4.79 Å². The van der Waals surface area contributed by atoms with Crippen molar-refractivity contribution in [2.45, 2.75) is 32.4 Å². The number of rotatable bonds is 7. The summed E-state index contributed by atoms with van der Waals surface area (Å²) >= 11 is 0. The maximum Gasteiger partial charge on any atom is 0.317 e. The first-order valence-electron chi connectivity index (χ1n) is 7.75. The number of hydrogen-bond donors (Lipinski definition) is 1. The Balaban J connectivity index is 1.74. The number of furan rings is 1. The molecule has 0 saturated carbocycles. The fourth-order valence-corrected chi connectivity index (χ4v) is 2.28. The smallest absolute Gasteiger partial charge is 0.317 e. The Morgan fingerprint density at radius 3 is 2.65 bits per heavy atom. The Bertz CT molecular complexity index is 593. The molecule has 5 nitrogen and oxygen atoms in total. The van der Waals surface area contributed by atoms with Crippen LogP contribution in [0.5, 0.6) is 5.75 Å². The van der Waals surface area contributed by atoms with Crippen LogP contribution in [0.15, 0.2) is 47.1 Å². The van der Waals surface area contributed by atoms with Crippen molar-refractivity contribution in [2.24, 2.45) is 0 Å². The predicted octanol–water partition coefficient (Wildman–Crippen LogP) is 3.45. The molecule has 0 spiro atoms. The summed E-state index contributed by atoms with van der Waals surface area (Å²) in [4.78, 5) is 13.7. The van der Waals surface area contributed by atoms with E-state index in [1.165, 1.54) is 5.56 Å². The van der Waals surface area contributed by atoms with Crippen molar-refractivity contribution in [3.63, 3.8) is 0 Å². The second-order valence-corrected chi connectivity index (χ2v) is 5.67. The minimum absolute atomic E-state index is 0.0939. The zero-order valence-electron chi connectivity index (χ0n) is 13.9. The molecule has 0 bridgehead atoms. The molecule has 1 atom stereocenters. The maximum absolute atomic E-state index is 12.1. The minimum atomic E-state index is -0.0939. The summed E-state index contributed by atoms with van der Waals surface area (Å²) in [5.41, 5.74) is 1.23. The Morgan fingerprint density at radius 2 is 2.04 bits per heavy atom. The third-order valence-electron chi connectivity index (χ3n) is 3.71. The molecular formula is C18H24N2O3. The number of methoxy groups -OCH3 is 1. The van der Waals surface area contributed by atoms with Crippen molar-refractivity contribution in [1.29, 1.82) is 0 Å². The maximum atomic E-state index is 12.1. The molecule has 2 aromatic rings. The molecule has 2 rings (SSSR count). The largest absolute Gasteiger partial charge is 0.497 e. The summed E-state index contributed by atoms with van der Waals surface area (Å²) in [6.45, 7) is 2.48. The topological polar surface area (TPSA) is 54.7 Å². The first-order chi connectivity index (χ1) is 11.1. The zero-order chi connectivity index (χ0) is 16.7. The normalized spacial score (nSPS) is 11.8. The van der Waals surface area contributed by atoms with E-state index in [9.17, 15) is 4.79 Å². The number of ether oxygens (including phenoxy) is 1. The van der Waals surface area contributed by atoms with Crippen LogP contribution in [0.25, 0.3) is 0 Å². The third-order valence-corrected chi connectivity index (χ3v) is 3.71. The van der Waals surface area contributed by atoms with Crippen LogP contribution in [-0.2, 0) is 13.0 Å². The van der Waals surface area contributed by atoms with Gasteiger partial charge in [-0.05, 0) is 49.6 Å². The first kappa shape index (κ1) is 16.9. The first-order valence-corrected chi connectivity index (χ1v) is 7.75. The number of carbonyl (C=O) groups is 1. The lowest BCUT2D eigenvalue weighted by Gasteiger charge is -2.20. The van der Waals surface area contributed by atoms with Gasteiger partial charge in [0.1, 0.15) is 11.5 Å². The molecule has 5 heteroatoms. The lowest BCUT2D eigenvalue weighted by atomic mass is 10.1. The third kappa shape index (κ3) is 5.36.